The molecule has 5 rings (SSSR count). The van der Waals surface area contributed by atoms with Crippen molar-refractivity contribution in [3.05, 3.63) is 42.4 Å². The fourth-order valence-corrected chi connectivity index (χ4v) is 3.68. The van der Waals surface area contributed by atoms with E-state index < -0.39 is 0 Å². The molecule has 3 aliphatic heterocycles. The number of aromatic nitrogens is 3. The molecule has 0 aromatic carbocycles. The predicted molar refractivity (Wildman–Crippen MR) is 92.1 cm³/mol. The van der Waals surface area contributed by atoms with Crippen molar-refractivity contribution in [3.63, 3.8) is 0 Å². The van der Waals surface area contributed by atoms with E-state index in [1.54, 1.807) is 25.6 Å². The number of rotatable bonds is 4. The van der Waals surface area contributed by atoms with Crippen LogP contribution in [0.2, 0.25) is 0 Å². The fourth-order valence-electron chi connectivity index (χ4n) is 3.68. The Kier molecular flexibility index (Phi) is 4.21. The molecule has 7 nitrogen and oxygen atoms in total. The number of carbonyl (C=O) groups excluding carboxylic acids is 1. The van der Waals surface area contributed by atoms with Crippen molar-refractivity contribution in [2.75, 3.05) is 25.1 Å². The third-order valence-corrected chi connectivity index (χ3v) is 4.96. The summed E-state index contributed by atoms with van der Waals surface area (Å²) in [5, 5.41) is 0. The summed E-state index contributed by atoms with van der Waals surface area (Å²) in [5.74, 6) is 1.37. The van der Waals surface area contributed by atoms with Crippen molar-refractivity contribution in [1.82, 2.24) is 19.9 Å². The van der Waals surface area contributed by atoms with Crippen LogP contribution in [0.25, 0.3) is 0 Å². The highest BCUT2D eigenvalue weighted by atomic mass is 16.5. The van der Waals surface area contributed by atoms with E-state index in [4.69, 9.17) is 4.74 Å². The molecule has 2 aromatic heterocycles. The number of anilines is 1. The summed E-state index contributed by atoms with van der Waals surface area (Å²) < 4.78 is 5.20. The van der Waals surface area contributed by atoms with Crippen LogP contribution < -0.4 is 9.64 Å². The number of methoxy groups -OCH3 is 1. The maximum atomic E-state index is 12.9. The van der Waals surface area contributed by atoms with Gasteiger partial charge in [-0.1, -0.05) is 6.07 Å². The lowest BCUT2D eigenvalue weighted by atomic mass is 9.94. The van der Waals surface area contributed by atoms with Crippen molar-refractivity contribution >= 4 is 11.9 Å². The van der Waals surface area contributed by atoms with Crippen molar-refractivity contribution in [2.45, 2.75) is 25.4 Å². The van der Waals surface area contributed by atoms with E-state index in [1.165, 1.54) is 0 Å². The average molecular weight is 339 g/mol. The largest absolute Gasteiger partial charge is 0.481 e. The smallest absolute Gasteiger partial charge is 0.228 e. The number of piperidine rings is 1. The molecule has 130 valence electrons. The molecule has 3 saturated heterocycles. The standard InChI is InChI=1S/C18H21N5O2/c1-25-16-7-9-20-18(21-16)22-10-13-5-6-15(12-22)23(17(13)24)11-14-4-2-3-8-19-14/h2-4,7-9,13,15H,5-6,10-12H2,1H3/t13-,15+/m0/s1. The van der Waals surface area contributed by atoms with Crippen LogP contribution >= 0.6 is 0 Å². The zero-order valence-electron chi connectivity index (χ0n) is 14.2. The SMILES string of the molecule is COc1ccnc(N2C[C@@H]3CC[C@H](C2)N(Cc2ccccn2)C3=O)n1. The molecular formula is C18H21N5O2. The van der Waals surface area contributed by atoms with E-state index in [0.717, 1.165) is 25.1 Å². The molecule has 3 aliphatic rings. The Bertz CT molecular complexity index is 754. The van der Waals surface area contributed by atoms with Gasteiger partial charge in [0.15, 0.2) is 0 Å². The summed E-state index contributed by atoms with van der Waals surface area (Å²) in [6, 6.07) is 7.70. The molecule has 7 heteroatoms. The molecule has 2 atom stereocenters. The Morgan fingerprint density at radius 1 is 1.16 bits per heavy atom. The monoisotopic (exact) mass is 339 g/mol. The van der Waals surface area contributed by atoms with Crippen LogP contribution in [-0.4, -0.2) is 52.0 Å². The first-order chi connectivity index (χ1) is 12.2. The zero-order valence-corrected chi connectivity index (χ0v) is 14.2. The van der Waals surface area contributed by atoms with Crippen LogP contribution in [-0.2, 0) is 11.3 Å². The summed E-state index contributed by atoms with van der Waals surface area (Å²) in [6.45, 7) is 1.96. The predicted octanol–water partition coefficient (Wildman–Crippen LogP) is 1.51. The van der Waals surface area contributed by atoms with Gasteiger partial charge in [-0.05, 0) is 25.0 Å². The molecule has 0 radical (unpaired) electrons. The second kappa shape index (κ2) is 6.66. The topological polar surface area (TPSA) is 71.5 Å². The van der Waals surface area contributed by atoms with Crippen LogP contribution in [0.5, 0.6) is 5.88 Å². The summed E-state index contributed by atoms with van der Waals surface area (Å²) in [6.07, 6.45) is 5.39. The molecule has 2 bridgehead atoms. The van der Waals surface area contributed by atoms with Crippen LogP contribution in [0, 0.1) is 5.92 Å². The van der Waals surface area contributed by atoms with Gasteiger partial charge in [-0.25, -0.2) is 4.98 Å². The molecule has 2 aromatic rings. The highest BCUT2D eigenvalue weighted by Gasteiger charge is 2.41. The summed E-state index contributed by atoms with van der Waals surface area (Å²) in [5.41, 5.74) is 0.924. The molecule has 0 saturated carbocycles. The lowest BCUT2D eigenvalue weighted by Crippen LogP contribution is -2.47. The number of fused-ring (bicyclic) bond motifs is 4. The van der Waals surface area contributed by atoms with E-state index in [9.17, 15) is 4.79 Å². The second-order valence-electron chi connectivity index (χ2n) is 6.52. The summed E-state index contributed by atoms with van der Waals surface area (Å²) in [4.78, 5) is 30.2. The van der Waals surface area contributed by atoms with Gasteiger partial charge in [-0.3, -0.25) is 9.78 Å². The second-order valence-corrected chi connectivity index (χ2v) is 6.52. The molecule has 3 fully saturated rings. The van der Waals surface area contributed by atoms with Crippen LogP contribution in [0.1, 0.15) is 18.5 Å². The number of hydrogen-bond donors (Lipinski definition) is 0. The highest BCUT2D eigenvalue weighted by molar-refractivity contribution is 5.81. The van der Waals surface area contributed by atoms with Crippen LogP contribution in [0.15, 0.2) is 36.7 Å². The Hall–Kier alpha value is -2.70. The van der Waals surface area contributed by atoms with Gasteiger partial charge >= 0.3 is 0 Å². The number of carbonyl (C=O) groups is 1. The minimum atomic E-state index is -0.0164. The van der Waals surface area contributed by atoms with E-state index in [2.05, 4.69) is 19.9 Å². The Morgan fingerprint density at radius 2 is 2.08 bits per heavy atom. The highest BCUT2D eigenvalue weighted by Crippen LogP contribution is 2.31. The third-order valence-electron chi connectivity index (χ3n) is 4.96. The van der Waals surface area contributed by atoms with Crippen molar-refractivity contribution < 1.29 is 9.53 Å². The molecule has 0 unspecified atom stereocenters. The molecule has 5 heterocycles. The van der Waals surface area contributed by atoms with Gasteiger partial charge in [0.2, 0.25) is 17.7 Å². The third kappa shape index (κ3) is 3.14. The molecule has 1 amide bonds. The zero-order chi connectivity index (χ0) is 17.2. The number of ether oxygens (including phenoxy) is 1. The first-order valence-corrected chi connectivity index (χ1v) is 8.57. The summed E-state index contributed by atoms with van der Waals surface area (Å²) >= 11 is 0. The van der Waals surface area contributed by atoms with Crippen molar-refractivity contribution in [2.24, 2.45) is 5.92 Å². The van der Waals surface area contributed by atoms with Gasteiger partial charge in [-0.2, -0.15) is 4.98 Å². The van der Waals surface area contributed by atoms with Crippen molar-refractivity contribution in [1.29, 1.82) is 0 Å². The van der Waals surface area contributed by atoms with Crippen molar-refractivity contribution in [3.8, 4) is 5.88 Å². The first-order valence-electron chi connectivity index (χ1n) is 8.57. The minimum Gasteiger partial charge on any atom is -0.481 e. The fraction of sp³-hybridized carbons (Fsp3) is 0.444. The quantitative estimate of drug-likeness (QED) is 0.841. The van der Waals surface area contributed by atoms with Crippen LogP contribution in [0.4, 0.5) is 5.95 Å². The van der Waals surface area contributed by atoms with E-state index in [0.29, 0.717) is 24.9 Å². The number of amides is 1. The average Bonchev–Trinajstić information content (AvgIpc) is 2.95. The Balaban J connectivity index is 1.58. The number of nitrogens with zero attached hydrogens (tertiary/aromatic N) is 5. The molecule has 0 aliphatic carbocycles. The lowest BCUT2D eigenvalue weighted by molar-refractivity contribution is -0.140. The molecule has 25 heavy (non-hydrogen) atoms. The minimum absolute atomic E-state index is 0.0164. The van der Waals surface area contributed by atoms with E-state index in [-0.39, 0.29) is 17.9 Å². The van der Waals surface area contributed by atoms with Gasteiger partial charge in [0.25, 0.3) is 0 Å². The summed E-state index contributed by atoms with van der Waals surface area (Å²) in [7, 11) is 1.59. The maximum Gasteiger partial charge on any atom is 0.228 e. The van der Waals surface area contributed by atoms with Gasteiger partial charge in [0, 0.05) is 37.6 Å². The normalized spacial score (nSPS) is 22.8. The maximum absolute atomic E-state index is 12.9. The first kappa shape index (κ1) is 15.8. The molecule has 0 N–H and O–H groups in total. The van der Waals surface area contributed by atoms with E-state index in [1.807, 2.05) is 23.1 Å². The Morgan fingerprint density at radius 3 is 2.88 bits per heavy atom. The van der Waals surface area contributed by atoms with E-state index >= 15 is 0 Å². The molecular weight excluding hydrogens is 318 g/mol. The van der Waals surface area contributed by atoms with Gasteiger partial charge in [0.1, 0.15) is 0 Å². The lowest BCUT2D eigenvalue weighted by Gasteiger charge is -2.35. The van der Waals surface area contributed by atoms with Gasteiger partial charge in [0.05, 0.1) is 25.3 Å². The van der Waals surface area contributed by atoms with Gasteiger partial charge < -0.3 is 14.5 Å². The molecule has 0 spiro atoms. The van der Waals surface area contributed by atoms with Gasteiger partial charge in [-0.15, -0.1) is 0 Å². The van der Waals surface area contributed by atoms with Crippen LogP contribution in [0.3, 0.4) is 0 Å². The number of hydrogen-bond acceptors (Lipinski definition) is 6. The Labute approximate surface area is 146 Å². The number of pyridine rings is 1.